The zero-order valence-corrected chi connectivity index (χ0v) is 9.46. The Balaban J connectivity index is 2.63. The fraction of sp³-hybridized carbons (Fsp3) is 0. The van der Waals surface area contributed by atoms with Crippen LogP contribution in [-0.4, -0.2) is 18.1 Å². The highest BCUT2D eigenvalue weighted by atomic mass is 32.2. The van der Waals surface area contributed by atoms with Gasteiger partial charge in [0, 0.05) is 18.2 Å². The first kappa shape index (κ1) is 11.6. The summed E-state index contributed by atoms with van der Waals surface area (Å²) in [6, 6.07) is 8.61. The summed E-state index contributed by atoms with van der Waals surface area (Å²) in [5.41, 5.74) is 0.238. The molecule has 0 saturated carbocycles. The molecule has 2 aromatic rings. The molecule has 0 unspecified atom stereocenters. The Hall–Kier alpha value is -1.92. The summed E-state index contributed by atoms with van der Waals surface area (Å²) in [6.45, 7) is 0. The minimum Gasteiger partial charge on any atom is -0.744 e. The molecule has 0 atom stereocenters. The lowest BCUT2D eigenvalue weighted by Crippen LogP contribution is -2.29. The van der Waals surface area contributed by atoms with Crippen molar-refractivity contribution in [3.63, 3.8) is 0 Å². The van der Waals surface area contributed by atoms with Gasteiger partial charge < -0.3 is 9.66 Å². The molecule has 17 heavy (non-hydrogen) atoms. The van der Waals surface area contributed by atoms with Gasteiger partial charge in [0.05, 0.1) is 4.90 Å². The lowest BCUT2D eigenvalue weighted by atomic mass is 10.3. The Morgan fingerprint density at radius 2 is 1.76 bits per heavy atom. The van der Waals surface area contributed by atoms with Gasteiger partial charge in [0.1, 0.15) is 10.1 Å². The summed E-state index contributed by atoms with van der Waals surface area (Å²) in [5, 5.41) is 9.64. The molecule has 6 heteroatoms. The van der Waals surface area contributed by atoms with E-state index in [1.165, 1.54) is 10.6 Å². The monoisotopic (exact) mass is 251 g/mol. The second kappa shape index (κ2) is 4.15. The number of aromatic nitrogens is 1. The van der Waals surface area contributed by atoms with Crippen LogP contribution in [0.3, 0.4) is 0 Å². The first-order valence-corrected chi connectivity index (χ1v) is 6.15. The van der Waals surface area contributed by atoms with Crippen LogP contribution in [0.15, 0.2) is 53.7 Å². The van der Waals surface area contributed by atoms with Gasteiger partial charge in [-0.05, 0) is 12.1 Å². The molecular weight excluding hydrogens is 242 g/mol. The van der Waals surface area contributed by atoms with Gasteiger partial charge in [-0.2, -0.15) is 4.57 Å². The van der Waals surface area contributed by atoms with Crippen molar-refractivity contribution < 1.29 is 22.6 Å². The van der Waals surface area contributed by atoms with Crippen molar-refractivity contribution in [1.82, 2.24) is 0 Å². The molecule has 0 amide bonds. The number of pyridine rings is 1. The standard InChI is InChI=1S/C11H9NO4S/c13-11-5-4-9(17(14,15)16)8-10(11)12-6-2-1-3-7-12/h1-8H,(H-,13,14,15,16). The highest BCUT2D eigenvalue weighted by Gasteiger charge is 2.14. The molecule has 1 heterocycles. The van der Waals surface area contributed by atoms with E-state index in [1.807, 2.05) is 0 Å². The number of hydrogen-bond acceptors (Lipinski definition) is 4. The minimum absolute atomic E-state index is 0.103. The molecule has 0 bridgehead atoms. The largest absolute Gasteiger partial charge is 0.744 e. The summed E-state index contributed by atoms with van der Waals surface area (Å²) >= 11 is 0. The van der Waals surface area contributed by atoms with E-state index in [4.69, 9.17) is 0 Å². The Bertz CT molecular complexity index is 638. The normalized spacial score (nSPS) is 11.4. The average Bonchev–Trinajstić information content (AvgIpc) is 2.29. The van der Waals surface area contributed by atoms with E-state index in [9.17, 15) is 18.1 Å². The summed E-state index contributed by atoms with van der Waals surface area (Å²) in [7, 11) is -4.52. The average molecular weight is 251 g/mol. The summed E-state index contributed by atoms with van der Waals surface area (Å²) in [5.74, 6) is -0.103. The van der Waals surface area contributed by atoms with E-state index in [0.717, 1.165) is 12.1 Å². The van der Waals surface area contributed by atoms with Gasteiger partial charge in [0.25, 0.3) is 5.69 Å². The van der Waals surface area contributed by atoms with Crippen molar-refractivity contribution >= 4 is 10.1 Å². The summed E-state index contributed by atoms with van der Waals surface area (Å²) in [4.78, 5) is -0.373. The molecule has 1 aromatic heterocycles. The fourth-order valence-electron chi connectivity index (χ4n) is 1.42. The van der Waals surface area contributed by atoms with Crippen LogP contribution in [0.4, 0.5) is 0 Å². The van der Waals surface area contributed by atoms with Crippen LogP contribution in [0, 0.1) is 0 Å². The quantitative estimate of drug-likeness (QED) is 0.625. The molecule has 0 aliphatic heterocycles. The third kappa shape index (κ3) is 2.43. The number of phenols is 1. The number of aromatic hydroxyl groups is 1. The van der Waals surface area contributed by atoms with Crippen molar-refractivity contribution in [2.75, 3.05) is 0 Å². The van der Waals surface area contributed by atoms with E-state index in [0.29, 0.717) is 0 Å². The van der Waals surface area contributed by atoms with Crippen LogP contribution in [0.1, 0.15) is 0 Å². The third-order valence-corrected chi connectivity index (χ3v) is 3.06. The SMILES string of the molecule is O=S(=O)([O-])c1ccc(O)c(-[n+]2ccccc2)c1. The molecule has 88 valence electrons. The van der Waals surface area contributed by atoms with Crippen molar-refractivity contribution in [2.45, 2.75) is 4.90 Å². The molecule has 0 saturated heterocycles. The molecule has 0 spiro atoms. The van der Waals surface area contributed by atoms with Gasteiger partial charge >= 0.3 is 0 Å². The minimum atomic E-state index is -4.52. The molecular formula is C11H9NO4S. The van der Waals surface area contributed by atoms with Gasteiger partial charge in [-0.3, -0.25) is 0 Å². The molecule has 5 nitrogen and oxygen atoms in total. The Labute approximate surface area is 98.3 Å². The molecule has 1 aromatic carbocycles. The Morgan fingerprint density at radius 1 is 1.12 bits per heavy atom. The molecule has 0 fully saturated rings. The van der Waals surface area contributed by atoms with E-state index >= 15 is 0 Å². The van der Waals surface area contributed by atoms with Crippen molar-refractivity contribution in [3.8, 4) is 11.4 Å². The predicted octanol–water partition coefficient (Wildman–Crippen LogP) is 0.573. The second-order valence-corrected chi connectivity index (χ2v) is 4.77. The number of nitrogens with zero attached hydrogens (tertiary/aromatic N) is 1. The zero-order chi connectivity index (χ0) is 12.5. The van der Waals surface area contributed by atoms with Crippen LogP contribution >= 0.6 is 0 Å². The maximum atomic E-state index is 10.9. The van der Waals surface area contributed by atoms with Gasteiger partial charge in [-0.1, -0.05) is 6.07 Å². The maximum Gasteiger partial charge on any atom is 0.253 e. The summed E-state index contributed by atoms with van der Waals surface area (Å²) < 4.78 is 34.2. The molecule has 2 rings (SSSR count). The van der Waals surface area contributed by atoms with Crippen LogP contribution in [0.2, 0.25) is 0 Å². The Morgan fingerprint density at radius 3 is 2.35 bits per heavy atom. The zero-order valence-electron chi connectivity index (χ0n) is 8.65. The fourth-order valence-corrected chi connectivity index (χ4v) is 1.92. The highest BCUT2D eigenvalue weighted by Crippen LogP contribution is 2.20. The number of rotatable bonds is 2. The number of benzene rings is 1. The van der Waals surface area contributed by atoms with Crippen LogP contribution in [0.5, 0.6) is 5.75 Å². The number of phenolic OH excluding ortho intramolecular Hbond substituents is 1. The van der Waals surface area contributed by atoms with Gasteiger partial charge in [-0.15, -0.1) is 0 Å². The van der Waals surface area contributed by atoms with Gasteiger partial charge in [0.2, 0.25) is 0 Å². The van der Waals surface area contributed by atoms with Gasteiger partial charge in [-0.25, -0.2) is 8.42 Å². The van der Waals surface area contributed by atoms with Crippen molar-refractivity contribution in [3.05, 3.63) is 48.8 Å². The molecule has 0 aliphatic rings. The van der Waals surface area contributed by atoms with Crippen LogP contribution in [0.25, 0.3) is 5.69 Å². The first-order chi connectivity index (χ1) is 7.98. The summed E-state index contributed by atoms with van der Waals surface area (Å²) in [6.07, 6.45) is 3.27. The topological polar surface area (TPSA) is 81.3 Å². The molecule has 0 radical (unpaired) electrons. The maximum absolute atomic E-state index is 10.9. The van der Waals surface area contributed by atoms with Crippen LogP contribution < -0.4 is 4.57 Å². The van der Waals surface area contributed by atoms with E-state index in [2.05, 4.69) is 0 Å². The first-order valence-electron chi connectivity index (χ1n) is 4.74. The van der Waals surface area contributed by atoms with Crippen LogP contribution in [-0.2, 0) is 10.1 Å². The Kier molecular flexibility index (Phi) is 2.83. The predicted molar refractivity (Wildman–Crippen MR) is 57.6 cm³/mol. The van der Waals surface area contributed by atoms with Gasteiger partial charge in [0.15, 0.2) is 18.1 Å². The molecule has 0 aliphatic carbocycles. The molecule has 1 N–H and O–H groups in total. The van der Waals surface area contributed by atoms with Crippen molar-refractivity contribution in [2.24, 2.45) is 0 Å². The number of hydrogen-bond donors (Lipinski definition) is 1. The van der Waals surface area contributed by atoms with E-state index < -0.39 is 10.1 Å². The lowest BCUT2D eigenvalue weighted by Gasteiger charge is -2.07. The van der Waals surface area contributed by atoms with Crippen molar-refractivity contribution in [1.29, 1.82) is 0 Å². The van der Waals surface area contributed by atoms with E-state index in [-0.39, 0.29) is 16.3 Å². The van der Waals surface area contributed by atoms with E-state index in [1.54, 1.807) is 30.6 Å². The second-order valence-electron chi connectivity index (χ2n) is 3.39. The highest BCUT2D eigenvalue weighted by molar-refractivity contribution is 7.85. The third-order valence-electron chi connectivity index (χ3n) is 2.23. The smallest absolute Gasteiger partial charge is 0.253 e. The lowest BCUT2D eigenvalue weighted by molar-refractivity contribution is -0.596.